The molecule has 1 amide bonds. The van der Waals surface area contributed by atoms with Crippen LogP contribution in [0.3, 0.4) is 0 Å². The highest BCUT2D eigenvalue weighted by Crippen LogP contribution is 2.17. The highest BCUT2D eigenvalue weighted by atomic mass is 35.5. The van der Waals surface area contributed by atoms with E-state index in [4.69, 9.17) is 16.3 Å². The van der Waals surface area contributed by atoms with Crippen LogP contribution in [0.1, 0.15) is 26.2 Å². The molecule has 1 saturated heterocycles. The molecule has 0 radical (unpaired) electrons. The number of ether oxygens (including phenoxy) is 1. The first kappa shape index (κ1) is 19.7. The van der Waals surface area contributed by atoms with Crippen LogP contribution in [0.25, 0.3) is 0 Å². The van der Waals surface area contributed by atoms with E-state index in [9.17, 15) is 18.0 Å². The molecule has 0 saturated carbocycles. The quantitative estimate of drug-likeness (QED) is 0.699. The average Bonchev–Trinajstić information content (AvgIpc) is 2.58. The Morgan fingerprint density at radius 1 is 1.28 bits per heavy atom. The Morgan fingerprint density at radius 3 is 2.60 bits per heavy atom. The summed E-state index contributed by atoms with van der Waals surface area (Å²) in [7, 11) is -3.59. The number of piperidine rings is 1. The van der Waals surface area contributed by atoms with Crippen LogP contribution in [-0.4, -0.2) is 50.6 Å². The van der Waals surface area contributed by atoms with Crippen molar-refractivity contribution in [3.63, 3.8) is 0 Å². The molecule has 1 heterocycles. The van der Waals surface area contributed by atoms with E-state index in [1.165, 1.54) is 24.3 Å². The zero-order chi connectivity index (χ0) is 18.4. The Labute approximate surface area is 153 Å². The first-order valence-electron chi connectivity index (χ1n) is 8.19. The van der Waals surface area contributed by atoms with Crippen LogP contribution in [0.5, 0.6) is 0 Å². The second-order valence-electron chi connectivity index (χ2n) is 6.27. The number of halogens is 1. The predicted molar refractivity (Wildman–Crippen MR) is 94.1 cm³/mol. The van der Waals surface area contributed by atoms with Crippen LogP contribution >= 0.6 is 11.6 Å². The molecule has 0 aliphatic carbocycles. The number of nitrogens with zero attached hydrogens (tertiary/aromatic N) is 1. The van der Waals surface area contributed by atoms with Crippen molar-refractivity contribution in [1.82, 2.24) is 4.90 Å². The third kappa shape index (κ3) is 6.01. The van der Waals surface area contributed by atoms with Crippen LogP contribution < -0.4 is 0 Å². The molecule has 1 aromatic rings. The Balaban J connectivity index is 1.78. The van der Waals surface area contributed by atoms with E-state index in [0.29, 0.717) is 24.0 Å². The van der Waals surface area contributed by atoms with Gasteiger partial charge in [-0.1, -0.05) is 18.5 Å². The van der Waals surface area contributed by atoms with Gasteiger partial charge >= 0.3 is 5.97 Å². The standard InChI is InChI=1S/C17H22ClNO5S/c1-13-3-2-9-19(11-13)16(20)12-24-17(21)8-10-25(22,23)15-6-4-14(18)5-7-15/h4-7,13H,2-3,8-12H2,1H3. The Bertz CT molecular complexity index is 717. The van der Waals surface area contributed by atoms with Crippen molar-refractivity contribution >= 4 is 33.3 Å². The van der Waals surface area contributed by atoms with Gasteiger partial charge in [-0.2, -0.15) is 0 Å². The molecule has 0 bridgehead atoms. The second kappa shape index (κ2) is 8.67. The summed E-state index contributed by atoms with van der Waals surface area (Å²) in [5.74, 6) is -0.864. The van der Waals surface area contributed by atoms with Gasteiger partial charge in [0, 0.05) is 18.1 Å². The van der Waals surface area contributed by atoms with Gasteiger partial charge in [-0.05, 0) is 43.0 Å². The van der Waals surface area contributed by atoms with E-state index in [2.05, 4.69) is 6.92 Å². The first-order valence-corrected chi connectivity index (χ1v) is 10.2. The van der Waals surface area contributed by atoms with Gasteiger partial charge in [-0.3, -0.25) is 9.59 Å². The fourth-order valence-electron chi connectivity index (χ4n) is 2.70. The van der Waals surface area contributed by atoms with E-state index in [1.54, 1.807) is 4.90 Å². The number of amides is 1. The molecule has 0 aromatic heterocycles. The highest BCUT2D eigenvalue weighted by molar-refractivity contribution is 7.91. The fourth-order valence-corrected chi connectivity index (χ4v) is 4.05. The zero-order valence-electron chi connectivity index (χ0n) is 14.1. The molecule has 1 unspecified atom stereocenters. The van der Waals surface area contributed by atoms with Crippen LogP contribution in [0, 0.1) is 5.92 Å². The number of esters is 1. The molecule has 6 nitrogen and oxygen atoms in total. The first-order chi connectivity index (χ1) is 11.8. The molecular formula is C17H22ClNO5S. The van der Waals surface area contributed by atoms with Gasteiger partial charge in [0.05, 0.1) is 17.1 Å². The van der Waals surface area contributed by atoms with Crippen LogP contribution in [0.4, 0.5) is 0 Å². The second-order valence-corrected chi connectivity index (χ2v) is 8.82. The summed E-state index contributed by atoms with van der Waals surface area (Å²) < 4.78 is 29.2. The van der Waals surface area contributed by atoms with Crippen LogP contribution in [-0.2, 0) is 24.2 Å². The maximum absolute atomic E-state index is 12.1. The third-order valence-corrected chi connectivity index (χ3v) is 6.10. The van der Waals surface area contributed by atoms with E-state index in [0.717, 1.165) is 12.8 Å². The summed E-state index contributed by atoms with van der Waals surface area (Å²) in [4.78, 5) is 25.6. The molecule has 1 aromatic carbocycles. The average molecular weight is 388 g/mol. The summed E-state index contributed by atoms with van der Waals surface area (Å²) in [6, 6.07) is 5.74. The minimum absolute atomic E-state index is 0.100. The maximum Gasteiger partial charge on any atom is 0.307 e. The molecule has 0 N–H and O–H groups in total. The van der Waals surface area contributed by atoms with E-state index in [-0.39, 0.29) is 29.6 Å². The Morgan fingerprint density at radius 2 is 1.96 bits per heavy atom. The Kier molecular flexibility index (Phi) is 6.84. The van der Waals surface area contributed by atoms with Crippen molar-refractivity contribution < 1.29 is 22.7 Å². The molecular weight excluding hydrogens is 366 g/mol. The lowest BCUT2D eigenvalue weighted by Crippen LogP contribution is -2.41. The summed E-state index contributed by atoms with van der Waals surface area (Å²) in [5, 5.41) is 0.434. The molecule has 1 atom stereocenters. The van der Waals surface area contributed by atoms with E-state index in [1.807, 2.05) is 0 Å². The SMILES string of the molecule is CC1CCCN(C(=O)COC(=O)CCS(=O)(=O)c2ccc(Cl)cc2)C1. The van der Waals surface area contributed by atoms with Crippen molar-refractivity contribution in [2.24, 2.45) is 5.92 Å². The summed E-state index contributed by atoms with van der Waals surface area (Å²) in [6.45, 7) is 3.08. The Hall–Kier alpha value is -1.60. The van der Waals surface area contributed by atoms with Gasteiger partial charge < -0.3 is 9.64 Å². The molecule has 8 heteroatoms. The molecule has 1 aliphatic rings. The number of likely N-dealkylation sites (tertiary alicyclic amines) is 1. The summed E-state index contributed by atoms with van der Waals surface area (Å²) >= 11 is 5.73. The smallest absolute Gasteiger partial charge is 0.307 e. The predicted octanol–water partition coefficient (Wildman–Crippen LogP) is 2.31. The molecule has 25 heavy (non-hydrogen) atoms. The minimum Gasteiger partial charge on any atom is -0.456 e. The number of hydrogen-bond acceptors (Lipinski definition) is 5. The van der Waals surface area contributed by atoms with Gasteiger partial charge in [0.1, 0.15) is 0 Å². The third-order valence-electron chi connectivity index (χ3n) is 4.11. The van der Waals surface area contributed by atoms with E-state index < -0.39 is 15.8 Å². The lowest BCUT2D eigenvalue weighted by molar-refractivity contribution is -0.152. The van der Waals surface area contributed by atoms with Crippen LogP contribution in [0.15, 0.2) is 29.2 Å². The summed E-state index contributed by atoms with van der Waals surface area (Å²) in [6.07, 6.45) is 1.74. The summed E-state index contributed by atoms with van der Waals surface area (Å²) in [5.41, 5.74) is 0. The zero-order valence-corrected chi connectivity index (χ0v) is 15.7. The lowest BCUT2D eigenvalue weighted by atomic mass is 10.0. The molecule has 1 fully saturated rings. The molecule has 2 rings (SSSR count). The normalized spacial score (nSPS) is 18.0. The van der Waals surface area contributed by atoms with Crippen molar-refractivity contribution in [2.45, 2.75) is 31.1 Å². The van der Waals surface area contributed by atoms with Crippen molar-refractivity contribution in [3.8, 4) is 0 Å². The number of hydrogen-bond donors (Lipinski definition) is 0. The van der Waals surface area contributed by atoms with Gasteiger partial charge in [0.2, 0.25) is 0 Å². The fraction of sp³-hybridized carbons (Fsp3) is 0.529. The van der Waals surface area contributed by atoms with Gasteiger partial charge in [-0.15, -0.1) is 0 Å². The van der Waals surface area contributed by atoms with E-state index >= 15 is 0 Å². The topological polar surface area (TPSA) is 80.8 Å². The molecule has 138 valence electrons. The maximum atomic E-state index is 12.1. The highest BCUT2D eigenvalue weighted by Gasteiger charge is 2.22. The monoisotopic (exact) mass is 387 g/mol. The largest absolute Gasteiger partial charge is 0.456 e. The molecule has 1 aliphatic heterocycles. The van der Waals surface area contributed by atoms with Crippen molar-refractivity contribution in [1.29, 1.82) is 0 Å². The van der Waals surface area contributed by atoms with Crippen molar-refractivity contribution in [3.05, 3.63) is 29.3 Å². The van der Waals surface area contributed by atoms with Crippen LogP contribution in [0.2, 0.25) is 5.02 Å². The number of benzene rings is 1. The van der Waals surface area contributed by atoms with Crippen molar-refractivity contribution in [2.75, 3.05) is 25.4 Å². The number of sulfone groups is 1. The van der Waals surface area contributed by atoms with Gasteiger partial charge in [0.25, 0.3) is 5.91 Å². The number of carbonyl (C=O) groups excluding carboxylic acids is 2. The minimum atomic E-state index is -3.59. The van der Waals surface area contributed by atoms with Gasteiger partial charge in [-0.25, -0.2) is 8.42 Å². The van der Waals surface area contributed by atoms with Gasteiger partial charge in [0.15, 0.2) is 16.4 Å². The lowest BCUT2D eigenvalue weighted by Gasteiger charge is -2.30. The number of rotatable bonds is 6. The molecule has 0 spiro atoms. The number of carbonyl (C=O) groups is 2.